The fourth-order valence-corrected chi connectivity index (χ4v) is 1.72. The molecule has 1 aromatic heterocycles. The lowest BCUT2D eigenvalue weighted by Crippen LogP contribution is -2.51. The summed E-state index contributed by atoms with van der Waals surface area (Å²) in [6.45, 7) is 0. The van der Waals surface area contributed by atoms with Gasteiger partial charge >= 0.3 is 18.0 Å². The molecule has 0 spiro atoms. The molecule has 0 amide bonds. The highest BCUT2D eigenvalue weighted by Crippen LogP contribution is 2.57. The minimum absolute atomic E-state index is 0.599. The molecule has 1 heterocycles. The number of methoxy groups -OCH3 is 3. The van der Waals surface area contributed by atoms with E-state index in [1.807, 2.05) is 0 Å². The molecule has 12 heteroatoms. The van der Waals surface area contributed by atoms with E-state index in [0.29, 0.717) is 14.2 Å². The van der Waals surface area contributed by atoms with Crippen molar-refractivity contribution >= 4 is 0 Å². The van der Waals surface area contributed by atoms with Crippen molar-refractivity contribution in [2.45, 2.75) is 18.0 Å². The van der Waals surface area contributed by atoms with Gasteiger partial charge in [-0.25, -0.2) is 8.78 Å². The molecule has 0 radical (unpaired) electrons. The van der Waals surface area contributed by atoms with Gasteiger partial charge in [0, 0.05) is 0 Å². The lowest BCUT2D eigenvalue weighted by Gasteiger charge is -2.31. The van der Waals surface area contributed by atoms with Crippen LogP contribution in [-0.2, 0) is 5.67 Å². The fraction of sp³-hybridized carbons (Fsp3) is 0.545. The molecular weight excluding hydrogens is 346 g/mol. The average Bonchev–Trinajstić information content (AvgIpc) is 2.43. The Hall–Kier alpha value is -2.01. The predicted molar refractivity (Wildman–Crippen MR) is 58.7 cm³/mol. The van der Waals surface area contributed by atoms with E-state index in [0.717, 1.165) is 7.11 Å². The average molecular weight is 355 g/mol. The summed E-state index contributed by atoms with van der Waals surface area (Å²) < 4.78 is 118. The maximum atomic E-state index is 14.2. The van der Waals surface area contributed by atoms with Gasteiger partial charge in [-0.2, -0.15) is 31.3 Å². The number of nitrogens with zero attached hydrogens (tertiary/aromatic N) is 1. The van der Waals surface area contributed by atoms with Crippen LogP contribution in [0.15, 0.2) is 0 Å². The maximum Gasteiger partial charge on any atom is 0.436 e. The van der Waals surface area contributed by atoms with E-state index in [-0.39, 0.29) is 0 Å². The first-order valence-electron chi connectivity index (χ1n) is 5.55. The van der Waals surface area contributed by atoms with Crippen molar-refractivity contribution in [1.82, 2.24) is 4.98 Å². The lowest BCUT2D eigenvalue weighted by atomic mass is 9.93. The first-order chi connectivity index (χ1) is 10.4. The molecular formula is C11H9F8NO3. The highest BCUT2D eigenvalue weighted by Gasteiger charge is 2.76. The Morgan fingerprint density at radius 2 is 1.17 bits per heavy atom. The van der Waals surface area contributed by atoms with Crippen LogP contribution < -0.4 is 14.2 Å². The molecule has 0 fully saturated rings. The van der Waals surface area contributed by atoms with E-state index in [9.17, 15) is 35.1 Å². The molecule has 0 saturated heterocycles. The number of hydrogen-bond acceptors (Lipinski definition) is 4. The molecule has 1 aromatic rings. The van der Waals surface area contributed by atoms with Gasteiger partial charge in [0.15, 0.2) is 11.6 Å². The zero-order valence-corrected chi connectivity index (χ0v) is 11.7. The Kier molecular flexibility index (Phi) is 4.87. The molecule has 0 bridgehead atoms. The van der Waals surface area contributed by atoms with Crippen LogP contribution in [0.3, 0.4) is 0 Å². The molecule has 0 aliphatic rings. The quantitative estimate of drug-likeness (QED) is 0.775. The summed E-state index contributed by atoms with van der Waals surface area (Å²) in [6, 6.07) is 0. The number of aromatic nitrogens is 1. The largest absolute Gasteiger partial charge is 0.491 e. The molecule has 0 aliphatic carbocycles. The van der Waals surface area contributed by atoms with Crippen molar-refractivity contribution in [3.05, 3.63) is 11.4 Å². The van der Waals surface area contributed by atoms with Crippen molar-refractivity contribution in [3.63, 3.8) is 0 Å². The third-order valence-corrected chi connectivity index (χ3v) is 2.75. The van der Waals surface area contributed by atoms with Crippen LogP contribution in [0.4, 0.5) is 35.1 Å². The Balaban J connectivity index is 4.00. The van der Waals surface area contributed by atoms with Crippen molar-refractivity contribution in [3.8, 4) is 17.5 Å². The topological polar surface area (TPSA) is 40.6 Å². The summed E-state index contributed by atoms with van der Waals surface area (Å²) in [5, 5.41) is 0. The predicted octanol–water partition coefficient (Wildman–Crippen LogP) is 3.54. The normalized spacial score (nSPS) is 13.0. The second-order valence-corrected chi connectivity index (χ2v) is 4.01. The van der Waals surface area contributed by atoms with Crippen molar-refractivity contribution in [2.75, 3.05) is 21.3 Å². The smallest absolute Gasteiger partial charge is 0.436 e. The minimum Gasteiger partial charge on any atom is -0.491 e. The van der Waals surface area contributed by atoms with Gasteiger partial charge in [-0.3, -0.25) is 0 Å². The minimum atomic E-state index is -6.54. The van der Waals surface area contributed by atoms with Crippen molar-refractivity contribution in [1.29, 1.82) is 0 Å². The second-order valence-electron chi connectivity index (χ2n) is 4.01. The zero-order chi connectivity index (χ0) is 18.2. The molecule has 0 atom stereocenters. The van der Waals surface area contributed by atoms with Gasteiger partial charge in [0.2, 0.25) is 0 Å². The van der Waals surface area contributed by atoms with Gasteiger partial charge in [0.25, 0.3) is 11.8 Å². The number of hydrogen-bond donors (Lipinski definition) is 0. The van der Waals surface area contributed by atoms with E-state index in [2.05, 4.69) is 19.2 Å². The number of pyridine rings is 1. The monoisotopic (exact) mass is 355 g/mol. The highest BCUT2D eigenvalue weighted by molar-refractivity contribution is 5.50. The number of ether oxygens (including phenoxy) is 3. The third-order valence-electron chi connectivity index (χ3n) is 2.75. The van der Waals surface area contributed by atoms with E-state index in [1.165, 1.54) is 0 Å². The van der Waals surface area contributed by atoms with Crippen LogP contribution in [0.25, 0.3) is 0 Å². The Morgan fingerprint density at radius 1 is 0.739 bits per heavy atom. The summed E-state index contributed by atoms with van der Waals surface area (Å²) in [7, 11) is 2.11. The van der Waals surface area contributed by atoms with E-state index < -0.39 is 46.9 Å². The van der Waals surface area contributed by atoms with Crippen LogP contribution >= 0.6 is 0 Å². The highest BCUT2D eigenvalue weighted by atomic mass is 19.4. The van der Waals surface area contributed by atoms with E-state index in [1.54, 1.807) is 0 Å². The van der Waals surface area contributed by atoms with Crippen LogP contribution in [0, 0.1) is 5.82 Å². The molecule has 1 rings (SSSR count). The van der Waals surface area contributed by atoms with Gasteiger partial charge in [-0.05, 0) is 0 Å². The third kappa shape index (κ3) is 2.81. The van der Waals surface area contributed by atoms with E-state index in [4.69, 9.17) is 0 Å². The molecule has 132 valence electrons. The zero-order valence-electron chi connectivity index (χ0n) is 11.7. The molecule has 23 heavy (non-hydrogen) atoms. The maximum absolute atomic E-state index is 14.2. The van der Waals surface area contributed by atoms with Crippen LogP contribution in [0.2, 0.25) is 0 Å². The molecule has 0 aliphatic heterocycles. The van der Waals surface area contributed by atoms with Gasteiger partial charge in [-0.1, -0.05) is 0 Å². The second kappa shape index (κ2) is 5.89. The Labute approximate surface area is 124 Å². The van der Waals surface area contributed by atoms with Gasteiger partial charge < -0.3 is 14.2 Å². The summed E-state index contributed by atoms with van der Waals surface area (Å²) in [5.41, 5.74) is -8.55. The molecule has 0 N–H and O–H groups in total. The first-order valence-corrected chi connectivity index (χ1v) is 5.55. The number of rotatable bonds is 4. The van der Waals surface area contributed by atoms with E-state index >= 15 is 0 Å². The standard InChI is InChI=1S/C11H9F8NO3/c1-21-6-4(5(12)7(22-2)20-8(6)23-3)9(13,10(14,15)16)11(17,18)19/h1-3H3. The van der Waals surface area contributed by atoms with Crippen LogP contribution in [0.1, 0.15) is 5.56 Å². The summed E-state index contributed by atoms with van der Waals surface area (Å²) in [4.78, 5) is 3.17. The first kappa shape index (κ1) is 19.0. The Bertz CT molecular complexity index is 570. The van der Waals surface area contributed by atoms with Crippen molar-refractivity contribution < 1.29 is 49.3 Å². The Morgan fingerprint density at radius 3 is 1.48 bits per heavy atom. The van der Waals surface area contributed by atoms with Gasteiger partial charge in [0.1, 0.15) is 0 Å². The SMILES string of the molecule is COc1nc(OC)c(OC)c(C(F)(C(F)(F)F)C(F)(F)F)c1F. The molecule has 0 saturated carbocycles. The van der Waals surface area contributed by atoms with Crippen LogP contribution in [-0.4, -0.2) is 38.7 Å². The van der Waals surface area contributed by atoms with Gasteiger partial charge in [0.05, 0.1) is 26.9 Å². The molecule has 0 unspecified atom stereocenters. The summed E-state index contributed by atoms with van der Waals surface area (Å²) >= 11 is 0. The number of alkyl halides is 7. The van der Waals surface area contributed by atoms with Gasteiger partial charge in [-0.15, -0.1) is 0 Å². The fourth-order valence-electron chi connectivity index (χ4n) is 1.72. The molecule has 0 aromatic carbocycles. The lowest BCUT2D eigenvalue weighted by molar-refractivity contribution is -0.349. The summed E-state index contributed by atoms with van der Waals surface area (Å²) in [5.74, 6) is -6.16. The van der Waals surface area contributed by atoms with Crippen LogP contribution in [0.5, 0.6) is 17.5 Å². The molecule has 4 nitrogen and oxygen atoms in total. The summed E-state index contributed by atoms with van der Waals surface area (Å²) in [6.07, 6.45) is -13.1. The number of halogens is 8. The van der Waals surface area contributed by atoms with Crippen molar-refractivity contribution in [2.24, 2.45) is 0 Å².